The van der Waals surface area contributed by atoms with Crippen LogP contribution >= 0.6 is 0 Å². The molecule has 0 aliphatic heterocycles. The summed E-state index contributed by atoms with van der Waals surface area (Å²) in [7, 11) is 1.69. The summed E-state index contributed by atoms with van der Waals surface area (Å²) in [5.74, 6) is -0.471. The van der Waals surface area contributed by atoms with Crippen LogP contribution in [0.25, 0.3) is 33.3 Å². The van der Waals surface area contributed by atoms with Gasteiger partial charge in [-0.1, -0.05) is 18.2 Å². The average molecular weight is 482 g/mol. The van der Waals surface area contributed by atoms with Crippen molar-refractivity contribution in [1.82, 2.24) is 14.5 Å². The lowest BCUT2D eigenvalue weighted by Gasteiger charge is -2.24. The van der Waals surface area contributed by atoms with E-state index in [1.165, 1.54) is 6.20 Å². The monoisotopic (exact) mass is 481 g/mol. The predicted octanol–water partition coefficient (Wildman–Crippen LogP) is 4.71. The van der Waals surface area contributed by atoms with Crippen LogP contribution in [0.1, 0.15) is 42.5 Å². The Morgan fingerprint density at radius 1 is 1.17 bits per heavy atom. The molecule has 2 aromatic heterocycles. The normalized spacial score (nSPS) is 12.4. The molecule has 0 radical (unpaired) electrons. The fourth-order valence-corrected chi connectivity index (χ4v) is 4.18. The van der Waals surface area contributed by atoms with Crippen molar-refractivity contribution in [2.45, 2.75) is 33.2 Å². The second-order valence-electron chi connectivity index (χ2n) is 9.66. The average Bonchev–Trinajstić information content (AvgIpc) is 3.30. The molecule has 36 heavy (non-hydrogen) atoms. The highest BCUT2D eigenvalue weighted by Gasteiger charge is 2.18. The van der Waals surface area contributed by atoms with E-state index in [0.717, 1.165) is 39.0 Å². The first-order chi connectivity index (χ1) is 17.1. The molecule has 0 bridgehead atoms. The Morgan fingerprint density at radius 2 is 1.94 bits per heavy atom. The highest BCUT2D eigenvalue weighted by atomic mass is 16.1. The first kappa shape index (κ1) is 24.7. The molecule has 8 nitrogen and oxygen atoms in total. The predicted molar refractivity (Wildman–Crippen MR) is 148 cm³/mol. The highest BCUT2D eigenvalue weighted by molar-refractivity contribution is 6.08. The van der Waals surface area contributed by atoms with E-state index in [4.69, 9.17) is 16.5 Å². The number of fused-ring (bicyclic) bond motifs is 1. The molecule has 0 aliphatic carbocycles. The van der Waals surface area contributed by atoms with Crippen molar-refractivity contribution in [2.24, 2.45) is 16.5 Å². The number of pyridine rings is 1. The molecule has 2 heterocycles. The Kier molecular flexibility index (Phi) is 6.61. The van der Waals surface area contributed by atoms with Crippen LogP contribution in [0, 0.1) is 6.92 Å². The van der Waals surface area contributed by atoms with Crippen LogP contribution < -0.4 is 16.8 Å². The maximum absolute atomic E-state index is 12.1. The van der Waals surface area contributed by atoms with E-state index < -0.39 is 5.91 Å². The SMILES string of the molecule is CN=CC(=CN)c1cn(-c2cccc3c(-c4ccc(C(N)=O)c(NC(C)(C)C)c4)cc(C)nc23)cn1. The van der Waals surface area contributed by atoms with Crippen LogP contribution in [0.2, 0.25) is 0 Å². The van der Waals surface area contributed by atoms with Gasteiger partial charge in [0.1, 0.15) is 0 Å². The summed E-state index contributed by atoms with van der Waals surface area (Å²) < 4.78 is 1.93. The lowest BCUT2D eigenvalue weighted by Crippen LogP contribution is -2.28. The summed E-state index contributed by atoms with van der Waals surface area (Å²) in [6.45, 7) is 8.09. The van der Waals surface area contributed by atoms with E-state index >= 15 is 0 Å². The summed E-state index contributed by atoms with van der Waals surface area (Å²) in [4.78, 5) is 25.5. The topological polar surface area (TPSA) is 124 Å². The quantitative estimate of drug-likeness (QED) is 0.344. The molecule has 0 spiro atoms. The second kappa shape index (κ2) is 9.65. The van der Waals surface area contributed by atoms with Crippen LogP contribution in [-0.2, 0) is 0 Å². The summed E-state index contributed by atoms with van der Waals surface area (Å²) in [6.07, 6.45) is 6.82. The molecule has 5 N–H and O–H groups in total. The third-order valence-corrected chi connectivity index (χ3v) is 5.66. The molecule has 0 fully saturated rings. The number of para-hydroxylation sites is 1. The number of nitrogens with zero attached hydrogens (tertiary/aromatic N) is 4. The Morgan fingerprint density at radius 3 is 2.61 bits per heavy atom. The first-order valence-electron chi connectivity index (χ1n) is 11.6. The lowest BCUT2D eigenvalue weighted by atomic mass is 9.96. The maximum Gasteiger partial charge on any atom is 0.250 e. The van der Waals surface area contributed by atoms with Crippen molar-refractivity contribution < 1.29 is 4.79 Å². The van der Waals surface area contributed by atoms with Crippen molar-refractivity contribution in [3.05, 3.63) is 78.1 Å². The van der Waals surface area contributed by atoms with Gasteiger partial charge >= 0.3 is 0 Å². The minimum absolute atomic E-state index is 0.245. The maximum atomic E-state index is 12.1. The third kappa shape index (κ3) is 4.98. The molecule has 1 amide bonds. The van der Waals surface area contributed by atoms with E-state index in [0.29, 0.717) is 16.9 Å². The molecule has 0 saturated heterocycles. The zero-order valence-corrected chi connectivity index (χ0v) is 21.2. The molecule has 0 saturated carbocycles. The minimum Gasteiger partial charge on any atom is -0.404 e. The van der Waals surface area contributed by atoms with Gasteiger partial charge in [0, 0.05) is 53.5 Å². The van der Waals surface area contributed by atoms with Gasteiger partial charge < -0.3 is 21.4 Å². The van der Waals surface area contributed by atoms with E-state index in [1.54, 1.807) is 25.7 Å². The van der Waals surface area contributed by atoms with Gasteiger partial charge in [-0.25, -0.2) is 4.98 Å². The summed E-state index contributed by atoms with van der Waals surface area (Å²) in [6, 6.07) is 13.8. The fourth-order valence-electron chi connectivity index (χ4n) is 4.18. The van der Waals surface area contributed by atoms with Gasteiger partial charge in [0.15, 0.2) is 0 Å². The van der Waals surface area contributed by atoms with Gasteiger partial charge in [0.25, 0.3) is 5.91 Å². The van der Waals surface area contributed by atoms with Crippen molar-refractivity contribution in [3.8, 4) is 16.8 Å². The number of aliphatic imine (C=N–C) groups is 1. The van der Waals surface area contributed by atoms with Gasteiger partial charge in [0.2, 0.25) is 0 Å². The summed E-state index contributed by atoms with van der Waals surface area (Å²) in [5, 5.41) is 4.39. The van der Waals surface area contributed by atoms with Gasteiger partial charge in [-0.3, -0.25) is 14.8 Å². The van der Waals surface area contributed by atoms with Gasteiger partial charge in [-0.2, -0.15) is 0 Å². The second-order valence-corrected chi connectivity index (χ2v) is 9.66. The van der Waals surface area contributed by atoms with E-state index in [-0.39, 0.29) is 5.54 Å². The number of carbonyl (C=O) groups is 1. The number of benzene rings is 2. The summed E-state index contributed by atoms with van der Waals surface area (Å²) in [5.41, 5.74) is 18.3. The number of hydrogen-bond donors (Lipinski definition) is 3. The van der Waals surface area contributed by atoms with E-state index in [1.807, 2.05) is 68.8 Å². The number of imidazole rings is 1. The number of primary amides is 1. The molecule has 0 unspecified atom stereocenters. The Hall–Kier alpha value is -4.46. The van der Waals surface area contributed by atoms with Crippen LogP contribution in [-0.4, -0.2) is 39.2 Å². The van der Waals surface area contributed by atoms with Crippen LogP contribution in [0.15, 0.2) is 66.2 Å². The van der Waals surface area contributed by atoms with Crippen LogP contribution in [0.4, 0.5) is 5.69 Å². The number of nitrogens with one attached hydrogen (secondary N) is 1. The first-order valence-corrected chi connectivity index (χ1v) is 11.6. The van der Waals surface area contributed by atoms with Gasteiger partial charge in [-0.15, -0.1) is 0 Å². The molecular weight excluding hydrogens is 450 g/mol. The van der Waals surface area contributed by atoms with Crippen molar-refractivity contribution in [2.75, 3.05) is 12.4 Å². The number of hydrogen-bond acceptors (Lipinski definition) is 6. The van der Waals surface area contributed by atoms with Crippen molar-refractivity contribution in [3.63, 3.8) is 0 Å². The molecule has 0 aliphatic rings. The Balaban J connectivity index is 1.89. The summed E-state index contributed by atoms with van der Waals surface area (Å²) >= 11 is 0. The van der Waals surface area contributed by atoms with Gasteiger partial charge in [0.05, 0.1) is 28.8 Å². The Bertz CT molecular complexity index is 1510. The number of carbonyl (C=O) groups excluding carboxylic acids is 1. The molecule has 4 aromatic rings. The number of anilines is 1. The zero-order valence-electron chi connectivity index (χ0n) is 21.2. The number of rotatable bonds is 6. The highest BCUT2D eigenvalue weighted by Crippen LogP contribution is 2.34. The Labute approximate surface area is 210 Å². The number of nitrogens with two attached hydrogens (primary N) is 2. The number of aromatic nitrogens is 3. The van der Waals surface area contributed by atoms with E-state index in [2.05, 4.69) is 21.4 Å². The smallest absolute Gasteiger partial charge is 0.250 e. The zero-order chi connectivity index (χ0) is 26.0. The number of aryl methyl sites for hydroxylation is 1. The molecule has 0 atom stereocenters. The van der Waals surface area contributed by atoms with Crippen molar-refractivity contribution >= 4 is 34.3 Å². The fraction of sp³-hybridized carbons (Fsp3) is 0.214. The molecule has 184 valence electrons. The number of allylic oxidation sites excluding steroid dienone is 1. The van der Waals surface area contributed by atoms with Gasteiger partial charge in [-0.05, 0) is 63.1 Å². The molecule has 2 aromatic carbocycles. The van der Waals surface area contributed by atoms with E-state index in [9.17, 15) is 4.79 Å². The third-order valence-electron chi connectivity index (χ3n) is 5.66. The number of amides is 1. The lowest BCUT2D eigenvalue weighted by molar-refractivity contribution is 0.100. The minimum atomic E-state index is -0.471. The molecule has 4 rings (SSSR count). The molecular formula is C28H31N7O. The standard InChI is InChI=1S/C28H31N7O/c1-17-11-22(18-9-10-21(27(30)36)23(12-18)34-28(2,3)4)20-7-6-8-25(26(20)33-17)35-15-24(32-16-35)19(13-29)14-31-5/h6-16,34H,29H2,1-5H3,(H2,30,36). The van der Waals surface area contributed by atoms with Crippen LogP contribution in [0.3, 0.4) is 0 Å². The van der Waals surface area contributed by atoms with Crippen LogP contribution in [0.5, 0.6) is 0 Å². The largest absolute Gasteiger partial charge is 0.404 e. The molecule has 8 heteroatoms. The van der Waals surface area contributed by atoms with Crippen molar-refractivity contribution in [1.29, 1.82) is 0 Å².